The van der Waals surface area contributed by atoms with Crippen LogP contribution in [0.1, 0.15) is 68.2 Å². The molecule has 0 aromatic rings. The van der Waals surface area contributed by atoms with Gasteiger partial charge in [0.25, 0.3) is 0 Å². The Balaban J connectivity index is 1.77. The van der Waals surface area contributed by atoms with Crippen molar-refractivity contribution < 1.29 is 62.3 Å². The Morgan fingerprint density at radius 3 is 2.20 bits per heavy atom. The summed E-state index contributed by atoms with van der Waals surface area (Å²) in [5.74, 6) is -5.66. The molecule has 238 valence electrons. The van der Waals surface area contributed by atoms with Crippen molar-refractivity contribution in [2.24, 2.45) is 16.2 Å². The summed E-state index contributed by atoms with van der Waals surface area (Å²) in [6.07, 6.45) is -5.21. The third kappa shape index (κ3) is 2.73. The van der Waals surface area contributed by atoms with E-state index in [0.717, 1.165) is 6.92 Å². The van der Waals surface area contributed by atoms with Gasteiger partial charge in [0.15, 0.2) is 17.6 Å². The van der Waals surface area contributed by atoms with E-state index in [-0.39, 0.29) is 24.0 Å². The molecule has 1 N–H and O–H groups in total. The first kappa shape index (κ1) is 30.4. The van der Waals surface area contributed by atoms with Crippen LogP contribution in [0.15, 0.2) is 23.8 Å². The van der Waals surface area contributed by atoms with Crippen LogP contribution in [0.4, 0.5) is 0 Å². The van der Waals surface area contributed by atoms with E-state index in [4.69, 9.17) is 28.4 Å². The second-order valence-electron chi connectivity index (χ2n) is 13.7. The molecule has 13 nitrogen and oxygen atoms in total. The molecule has 0 aromatic carbocycles. The van der Waals surface area contributed by atoms with E-state index < -0.39 is 98.7 Å². The van der Waals surface area contributed by atoms with Crippen molar-refractivity contribution in [3.8, 4) is 0 Å². The molecule has 44 heavy (non-hydrogen) atoms. The van der Waals surface area contributed by atoms with Gasteiger partial charge >= 0.3 is 29.8 Å². The number of fused-ring (bicyclic) bond motifs is 1. The number of aliphatic hydroxyl groups excluding tert-OH is 1. The van der Waals surface area contributed by atoms with Crippen LogP contribution in [-0.4, -0.2) is 87.6 Å². The predicted molar refractivity (Wildman–Crippen MR) is 144 cm³/mol. The van der Waals surface area contributed by atoms with Gasteiger partial charge in [-0.05, 0) is 60.0 Å². The number of ether oxygens (including phenoxy) is 6. The number of Topliss-reactive ketones (excluding diaryl/α,β-unsaturated/α-hetero) is 1. The van der Waals surface area contributed by atoms with Crippen LogP contribution < -0.4 is 0 Å². The number of allylic oxidation sites excluding steroid dienone is 1. The zero-order valence-electron chi connectivity index (χ0n) is 25.9. The normalized spacial score (nSPS) is 48.3. The monoisotopic (exact) mass is 616 g/mol. The van der Waals surface area contributed by atoms with Crippen LogP contribution in [0.3, 0.4) is 0 Å². The van der Waals surface area contributed by atoms with Gasteiger partial charge in [0.05, 0.1) is 5.41 Å². The Bertz CT molecular complexity index is 1530. The number of aliphatic hydroxyl groups is 1. The van der Waals surface area contributed by atoms with Gasteiger partial charge in [-0.3, -0.25) is 14.4 Å². The lowest BCUT2D eigenvalue weighted by Gasteiger charge is -2.68. The lowest BCUT2D eigenvalue weighted by Crippen LogP contribution is -2.85. The summed E-state index contributed by atoms with van der Waals surface area (Å²) >= 11 is 0. The van der Waals surface area contributed by atoms with Crippen molar-refractivity contribution in [2.45, 2.75) is 115 Å². The maximum absolute atomic E-state index is 14.9. The van der Waals surface area contributed by atoms with Crippen molar-refractivity contribution in [1.82, 2.24) is 0 Å². The van der Waals surface area contributed by atoms with E-state index in [1.54, 1.807) is 20.8 Å². The molecule has 2 saturated carbocycles. The highest BCUT2D eigenvalue weighted by Crippen LogP contribution is 2.82. The van der Waals surface area contributed by atoms with E-state index in [2.05, 4.69) is 6.58 Å². The first-order valence-corrected chi connectivity index (χ1v) is 14.5. The molecule has 6 aliphatic rings. The number of carbonyl (C=O) groups is 6. The summed E-state index contributed by atoms with van der Waals surface area (Å²) < 4.78 is 36.1. The predicted octanol–water partition coefficient (Wildman–Crippen LogP) is 1.17. The molecule has 0 amide bonds. The van der Waals surface area contributed by atoms with Crippen molar-refractivity contribution in [3.05, 3.63) is 23.8 Å². The fraction of sp³-hybridized carbons (Fsp3) is 0.677. The van der Waals surface area contributed by atoms with Crippen LogP contribution in [-0.2, 0) is 57.2 Å². The minimum Gasteiger partial charge on any atom is -0.458 e. The number of esters is 5. The molecule has 3 bridgehead atoms. The second kappa shape index (κ2) is 8.36. The topological polar surface area (TPSA) is 178 Å². The maximum atomic E-state index is 14.9. The van der Waals surface area contributed by atoms with Gasteiger partial charge in [-0.15, -0.1) is 0 Å². The third-order valence-corrected chi connectivity index (χ3v) is 11.7. The number of rotatable bonds is 3. The molecular weight excluding hydrogens is 580 g/mol. The molecule has 0 aromatic heterocycles. The molecule has 4 saturated heterocycles. The Hall–Kier alpha value is -3.58. The molecule has 0 unspecified atom stereocenters. The van der Waals surface area contributed by atoms with Crippen molar-refractivity contribution in [2.75, 3.05) is 0 Å². The van der Waals surface area contributed by atoms with E-state index in [9.17, 15) is 33.9 Å². The minimum atomic E-state index is -2.44. The largest absolute Gasteiger partial charge is 0.458 e. The summed E-state index contributed by atoms with van der Waals surface area (Å²) in [5.41, 5.74) is -13.9. The number of carbonyl (C=O) groups excluding carboxylic acids is 6. The summed E-state index contributed by atoms with van der Waals surface area (Å²) in [5, 5.41) is 10.9. The number of hydrogen-bond acceptors (Lipinski definition) is 13. The molecule has 6 fully saturated rings. The van der Waals surface area contributed by atoms with E-state index in [0.29, 0.717) is 0 Å². The summed E-state index contributed by atoms with van der Waals surface area (Å²) in [6.45, 7) is 15.9. The van der Waals surface area contributed by atoms with Gasteiger partial charge in [-0.2, -0.15) is 0 Å². The van der Waals surface area contributed by atoms with Crippen molar-refractivity contribution in [1.29, 1.82) is 0 Å². The van der Waals surface area contributed by atoms with Gasteiger partial charge < -0.3 is 33.5 Å². The van der Waals surface area contributed by atoms with Gasteiger partial charge in [-0.1, -0.05) is 19.6 Å². The molecule has 0 radical (unpaired) electrons. The van der Waals surface area contributed by atoms with Gasteiger partial charge in [0.2, 0.25) is 17.0 Å². The first-order valence-electron chi connectivity index (χ1n) is 14.5. The number of cyclic esters (lactones) is 2. The van der Waals surface area contributed by atoms with Gasteiger partial charge in [0.1, 0.15) is 23.4 Å². The fourth-order valence-corrected chi connectivity index (χ4v) is 9.38. The van der Waals surface area contributed by atoms with Gasteiger partial charge in [0, 0.05) is 17.9 Å². The Morgan fingerprint density at radius 1 is 0.977 bits per heavy atom. The highest BCUT2D eigenvalue weighted by Gasteiger charge is 3.03. The highest BCUT2D eigenvalue weighted by molar-refractivity contribution is 6.21. The summed E-state index contributed by atoms with van der Waals surface area (Å²) in [7, 11) is 0. The van der Waals surface area contributed by atoms with E-state index in [1.807, 2.05) is 0 Å². The second-order valence-corrected chi connectivity index (χ2v) is 13.7. The summed E-state index contributed by atoms with van der Waals surface area (Å²) in [4.78, 5) is 82.3. The smallest absolute Gasteiger partial charge is 0.345 e. The molecule has 2 aliphatic carbocycles. The zero-order chi connectivity index (χ0) is 32.8. The minimum absolute atomic E-state index is 0.0792. The Labute approximate surface area is 253 Å². The average molecular weight is 617 g/mol. The molecule has 4 heterocycles. The molecule has 10 atom stereocenters. The fourth-order valence-electron chi connectivity index (χ4n) is 9.38. The quantitative estimate of drug-likeness (QED) is 0.157. The Kier molecular flexibility index (Phi) is 5.79. The van der Waals surface area contributed by atoms with Crippen molar-refractivity contribution >= 4 is 35.6 Å². The van der Waals surface area contributed by atoms with Crippen LogP contribution in [0, 0.1) is 16.2 Å². The van der Waals surface area contributed by atoms with E-state index in [1.165, 1.54) is 33.8 Å². The van der Waals surface area contributed by atoms with Crippen LogP contribution in [0.25, 0.3) is 0 Å². The third-order valence-electron chi connectivity index (χ3n) is 11.7. The molecule has 13 heteroatoms. The van der Waals surface area contributed by atoms with Crippen molar-refractivity contribution in [3.63, 3.8) is 0 Å². The molecule has 6 rings (SSSR count). The Morgan fingerprint density at radius 2 is 1.61 bits per heavy atom. The lowest BCUT2D eigenvalue weighted by molar-refractivity contribution is -0.278. The van der Waals surface area contributed by atoms with Crippen LogP contribution in [0.5, 0.6) is 0 Å². The standard InChI is InChI=1S/C31H36O13/c1-10-13(2)19(34)41-18-12-28(11-17(33)20(35)42-25(28,6)7)14(3)30-22(40-16(5)32)26(8)21(36)29(27(18,30)9)23(37)39-15(4)31(29,44-30)24(38)43-26/h10,15,17-18,22,33H,3,11-12H2,1-2,4-9H3/b13-10+/t15-,17+,18-,22-,26+,27-,28+,29+,30+,31-/m1/s1. The van der Waals surface area contributed by atoms with Gasteiger partial charge in [-0.25, -0.2) is 14.4 Å². The number of ketones is 1. The molecule has 2 spiro atoms. The SMILES string of the molecule is C=C1[C@]2(C[C@H](O)C(=O)OC2(C)C)C[C@@H](OC(=O)/C(C)=C/C)[C@]2(C)[C@]34C(=O)O[C@H](C)[C@]35O[C@]12[C@H](OC(C)=O)[C@@](C)(OC5=O)C4=O. The van der Waals surface area contributed by atoms with Crippen LogP contribution >= 0.6 is 0 Å². The maximum Gasteiger partial charge on any atom is 0.345 e. The van der Waals surface area contributed by atoms with E-state index >= 15 is 0 Å². The summed E-state index contributed by atoms with van der Waals surface area (Å²) in [6, 6.07) is 0. The van der Waals surface area contributed by atoms with Crippen LogP contribution in [0.2, 0.25) is 0 Å². The molecule has 4 aliphatic heterocycles. The molecular formula is C31H36O13. The number of hydrogen-bond donors (Lipinski definition) is 1. The lowest BCUT2D eigenvalue weighted by atomic mass is 9.35. The average Bonchev–Trinajstić information content (AvgIpc) is 3.24. The first-order chi connectivity index (χ1) is 20.2. The highest BCUT2D eigenvalue weighted by atomic mass is 16.7. The zero-order valence-corrected chi connectivity index (χ0v) is 25.9.